The Morgan fingerprint density at radius 2 is 1.84 bits per heavy atom. The van der Waals surface area contributed by atoms with Crippen LogP contribution in [-0.4, -0.2) is 16.2 Å². The number of benzene rings is 2. The van der Waals surface area contributed by atoms with Crippen LogP contribution in [0.2, 0.25) is 0 Å². The first kappa shape index (κ1) is 15.6. The van der Waals surface area contributed by atoms with E-state index < -0.39 is 0 Å². The van der Waals surface area contributed by atoms with Gasteiger partial charge < -0.3 is 5.32 Å². The van der Waals surface area contributed by atoms with E-state index in [0.29, 0.717) is 17.1 Å². The normalized spacial score (nSPS) is 13.3. The van der Waals surface area contributed by atoms with E-state index in [1.807, 2.05) is 31.2 Å². The maximum atomic E-state index is 12.5. The Hall–Kier alpha value is -2.95. The van der Waals surface area contributed by atoms with E-state index in [2.05, 4.69) is 27.8 Å². The lowest BCUT2D eigenvalue weighted by atomic mass is 9.90. The molecule has 0 saturated carbocycles. The quantitative estimate of drug-likeness (QED) is 0.781. The average molecular weight is 333 g/mol. The molecule has 0 spiro atoms. The van der Waals surface area contributed by atoms with Crippen molar-refractivity contribution in [1.82, 2.24) is 10.3 Å². The van der Waals surface area contributed by atoms with Crippen molar-refractivity contribution < 1.29 is 9.42 Å². The lowest BCUT2D eigenvalue weighted by molar-refractivity contribution is 0.102. The largest absolute Gasteiger partial charge is 0.302 e. The molecule has 4 rings (SSSR count). The van der Waals surface area contributed by atoms with Crippen LogP contribution < -0.4 is 5.32 Å². The molecule has 1 amide bonds. The third kappa shape index (κ3) is 3.05. The van der Waals surface area contributed by atoms with Crippen LogP contribution in [0.4, 0.5) is 5.82 Å². The topological polar surface area (TPSA) is 68.0 Å². The SMILES string of the molecule is Cc1ccccc1C(=O)Nc1nonc1-c1ccc2c(c1)CCCC2. The number of anilines is 1. The van der Waals surface area contributed by atoms with Gasteiger partial charge in [0.25, 0.3) is 5.91 Å². The highest BCUT2D eigenvalue weighted by atomic mass is 16.6. The van der Waals surface area contributed by atoms with E-state index in [0.717, 1.165) is 24.0 Å². The highest BCUT2D eigenvalue weighted by molar-refractivity contribution is 6.06. The fourth-order valence-electron chi connectivity index (χ4n) is 3.34. The molecule has 5 heteroatoms. The minimum atomic E-state index is -0.215. The highest BCUT2D eigenvalue weighted by Gasteiger charge is 2.18. The van der Waals surface area contributed by atoms with Crippen molar-refractivity contribution in [1.29, 1.82) is 0 Å². The number of hydrogen-bond acceptors (Lipinski definition) is 4. The van der Waals surface area contributed by atoms with E-state index in [9.17, 15) is 4.79 Å². The van der Waals surface area contributed by atoms with Gasteiger partial charge >= 0.3 is 0 Å². The van der Waals surface area contributed by atoms with Gasteiger partial charge in [-0.2, -0.15) is 0 Å². The first-order chi connectivity index (χ1) is 12.2. The predicted octanol–water partition coefficient (Wildman–Crippen LogP) is 4.18. The van der Waals surface area contributed by atoms with Crippen LogP contribution in [0, 0.1) is 6.92 Å². The molecule has 1 N–H and O–H groups in total. The Labute approximate surface area is 146 Å². The summed E-state index contributed by atoms with van der Waals surface area (Å²) in [5.41, 5.74) is 5.76. The van der Waals surface area contributed by atoms with E-state index in [-0.39, 0.29) is 5.91 Å². The van der Waals surface area contributed by atoms with Gasteiger partial charge in [0.05, 0.1) is 0 Å². The predicted molar refractivity (Wildman–Crippen MR) is 95.5 cm³/mol. The Balaban J connectivity index is 1.63. The number of aromatic nitrogens is 2. The summed E-state index contributed by atoms with van der Waals surface area (Å²) in [6, 6.07) is 13.7. The van der Waals surface area contributed by atoms with Crippen LogP contribution in [0.3, 0.4) is 0 Å². The Morgan fingerprint density at radius 3 is 2.68 bits per heavy atom. The van der Waals surface area contributed by atoms with Gasteiger partial charge in [-0.3, -0.25) is 4.79 Å². The molecule has 1 aliphatic carbocycles. The van der Waals surface area contributed by atoms with Gasteiger partial charge in [-0.15, -0.1) is 0 Å². The molecule has 25 heavy (non-hydrogen) atoms. The minimum absolute atomic E-state index is 0.215. The summed E-state index contributed by atoms with van der Waals surface area (Å²) in [5, 5.41) is 10.7. The molecule has 0 radical (unpaired) electrons. The maximum Gasteiger partial charge on any atom is 0.257 e. The molecule has 0 aliphatic heterocycles. The highest BCUT2D eigenvalue weighted by Crippen LogP contribution is 2.30. The van der Waals surface area contributed by atoms with Gasteiger partial charge in [-0.1, -0.05) is 30.3 Å². The molecule has 5 nitrogen and oxygen atoms in total. The van der Waals surface area contributed by atoms with Crippen molar-refractivity contribution in [2.24, 2.45) is 0 Å². The van der Waals surface area contributed by atoms with Gasteiger partial charge in [-0.25, -0.2) is 4.63 Å². The second-order valence-electron chi connectivity index (χ2n) is 6.42. The van der Waals surface area contributed by atoms with Crippen LogP contribution in [0.1, 0.15) is 39.9 Å². The van der Waals surface area contributed by atoms with E-state index in [1.165, 1.54) is 24.0 Å². The van der Waals surface area contributed by atoms with Crippen molar-refractivity contribution in [3.05, 3.63) is 64.7 Å². The summed E-state index contributed by atoms with van der Waals surface area (Å²) < 4.78 is 4.90. The zero-order chi connectivity index (χ0) is 17.2. The molecule has 1 aromatic heterocycles. The number of nitrogens with one attached hydrogen (secondary N) is 1. The summed E-state index contributed by atoms with van der Waals surface area (Å²) >= 11 is 0. The van der Waals surface area contributed by atoms with Crippen LogP contribution in [0.5, 0.6) is 0 Å². The fourth-order valence-corrected chi connectivity index (χ4v) is 3.34. The monoisotopic (exact) mass is 333 g/mol. The van der Waals surface area contributed by atoms with Gasteiger partial charge in [0, 0.05) is 11.1 Å². The molecule has 2 aromatic carbocycles. The van der Waals surface area contributed by atoms with E-state index >= 15 is 0 Å². The number of fused-ring (bicyclic) bond motifs is 1. The summed E-state index contributed by atoms with van der Waals surface area (Å²) in [6.07, 6.45) is 4.67. The number of rotatable bonds is 3. The Kier molecular flexibility index (Phi) is 4.06. The summed E-state index contributed by atoms with van der Waals surface area (Å²) in [6.45, 7) is 1.90. The number of aryl methyl sites for hydroxylation is 3. The van der Waals surface area contributed by atoms with Crippen molar-refractivity contribution in [3.63, 3.8) is 0 Å². The molecule has 126 valence electrons. The number of amides is 1. The average Bonchev–Trinajstić information content (AvgIpc) is 3.09. The maximum absolute atomic E-state index is 12.5. The van der Waals surface area contributed by atoms with Crippen molar-refractivity contribution in [3.8, 4) is 11.3 Å². The first-order valence-electron chi connectivity index (χ1n) is 8.54. The van der Waals surface area contributed by atoms with Gasteiger partial charge in [0.1, 0.15) is 0 Å². The molecule has 1 aliphatic rings. The van der Waals surface area contributed by atoms with Gasteiger partial charge in [0.2, 0.25) is 5.82 Å². The molecular formula is C20H19N3O2. The van der Waals surface area contributed by atoms with Crippen LogP contribution in [0.25, 0.3) is 11.3 Å². The van der Waals surface area contributed by atoms with Crippen LogP contribution in [-0.2, 0) is 12.8 Å². The van der Waals surface area contributed by atoms with Crippen molar-refractivity contribution in [2.45, 2.75) is 32.6 Å². The first-order valence-corrected chi connectivity index (χ1v) is 8.54. The standard InChI is InChI=1S/C20H19N3O2/c1-13-6-2-5-9-17(13)20(24)21-19-18(22-25-23-19)16-11-10-14-7-3-4-8-15(14)12-16/h2,5-6,9-12H,3-4,7-8H2,1H3,(H,21,23,24). The van der Waals surface area contributed by atoms with E-state index in [4.69, 9.17) is 4.63 Å². The van der Waals surface area contributed by atoms with Crippen LogP contribution >= 0.6 is 0 Å². The molecule has 1 heterocycles. The summed E-state index contributed by atoms with van der Waals surface area (Å²) in [7, 11) is 0. The number of hydrogen-bond donors (Lipinski definition) is 1. The Bertz CT molecular complexity index is 930. The third-order valence-electron chi connectivity index (χ3n) is 4.73. The van der Waals surface area contributed by atoms with Crippen molar-refractivity contribution in [2.75, 3.05) is 5.32 Å². The third-order valence-corrected chi connectivity index (χ3v) is 4.73. The second-order valence-corrected chi connectivity index (χ2v) is 6.42. The Morgan fingerprint density at radius 1 is 1.04 bits per heavy atom. The molecule has 0 unspecified atom stereocenters. The lowest BCUT2D eigenvalue weighted by Gasteiger charge is -2.16. The molecule has 0 saturated heterocycles. The molecule has 3 aromatic rings. The summed E-state index contributed by atoms with van der Waals surface area (Å²) in [5.74, 6) is 0.136. The molecule has 0 atom stereocenters. The fraction of sp³-hybridized carbons (Fsp3) is 0.250. The molecular weight excluding hydrogens is 314 g/mol. The van der Waals surface area contributed by atoms with Crippen LogP contribution in [0.15, 0.2) is 47.1 Å². The number of carbonyl (C=O) groups is 1. The zero-order valence-electron chi connectivity index (χ0n) is 14.1. The molecule has 0 bridgehead atoms. The van der Waals surface area contributed by atoms with E-state index in [1.54, 1.807) is 6.07 Å². The molecule has 0 fully saturated rings. The number of nitrogens with zero attached hydrogens (tertiary/aromatic N) is 2. The smallest absolute Gasteiger partial charge is 0.257 e. The van der Waals surface area contributed by atoms with Crippen molar-refractivity contribution >= 4 is 11.7 Å². The van der Waals surface area contributed by atoms with Gasteiger partial charge in [0.15, 0.2) is 5.69 Å². The van der Waals surface area contributed by atoms with Gasteiger partial charge in [-0.05, 0) is 71.7 Å². The second kappa shape index (κ2) is 6.51. The zero-order valence-corrected chi connectivity index (χ0v) is 14.1. The lowest BCUT2D eigenvalue weighted by Crippen LogP contribution is -2.14. The summed E-state index contributed by atoms with van der Waals surface area (Å²) in [4.78, 5) is 12.5. The number of carbonyl (C=O) groups excluding carboxylic acids is 1. The minimum Gasteiger partial charge on any atom is -0.302 e.